The average Bonchev–Trinajstić information content (AvgIpc) is 2.20. The van der Waals surface area contributed by atoms with Gasteiger partial charge in [0.25, 0.3) is 0 Å². The minimum Gasteiger partial charge on any atom is -0.316 e. The predicted octanol–water partition coefficient (Wildman–Crippen LogP) is 3.59. The van der Waals surface area contributed by atoms with Gasteiger partial charge in [0.05, 0.1) is 0 Å². The Morgan fingerprint density at radius 2 is 1.79 bits per heavy atom. The normalized spacial score (nSPS) is 22.3. The molecule has 1 saturated carbocycles. The highest BCUT2D eigenvalue weighted by molar-refractivity contribution is 4.88. The molecule has 14 heavy (non-hydrogen) atoms. The molecule has 1 nitrogen and oxygen atoms in total. The van der Waals surface area contributed by atoms with Gasteiger partial charge in [0.15, 0.2) is 0 Å². The first kappa shape index (κ1) is 12.0. The molecule has 1 heteroatoms. The van der Waals surface area contributed by atoms with E-state index in [1.165, 1.54) is 38.5 Å². The molecule has 0 aromatic heterocycles. The van der Waals surface area contributed by atoms with Crippen molar-refractivity contribution in [2.75, 3.05) is 7.05 Å². The molecule has 84 valence electrons. The van der Waals surface area contributed by atoms with Crippen LogP contribution in [-0.2, 0) is 0 Å². The Bertz CT molecular complexity index is 157. The summed E-state index contributed by atoms with van der Waals surface area (Å²) in [4.78, 5) is 0. The third-order valence-corrected chi connectivity index (χ3v) is 4.19. The zero-order valence-electron chi connectivity index (χ0n) is 10.4. The zero-order chi connectivity index (χ0) is 10.6. The zero-order valence-corrected chi connectivity index (χ0v) is 10.4. The lowest BCUT2D eigenvalue weighted by atomic mass is 9.71. The van der Waals surface area contributed by atoms with Crippen LogP contribution in [0, 0.1) is 11.3 Å². The van der Waals surface area contributed by atoms with Crippen LogP contribution < -0.4 is 5.32 Å². The van der Waals surface area contributed by atoms with Crippen molar-refractivity contribution >= 4 is 0 Å². The van der Waals surface area contributed by atoms with E-state index in [1.54, 1.807) is 0 Å². The van der Waals surface area contributed by atoms with Crippen molar-refractivity contribution < 1.29 is 0 Å². The summed E-state index contributed by atoms with van der Waals surface area (Å²) in [7, 11) is 2.14. The molecule has 0 amide bonds. The molecule has 0 aromatic rings. The van der Waals surface area contributed by atoms with Gasteiger partial charge in [0.2, 0.25) is 0 Å². The smallest absolute Gasteiger partial charge is 0.0143 e. The van der Waals surface area contributed by atoms with E-state index in [4.69, 9.17) is 0 Å². The molecule has 1 rings (SSSR count). The quantitative estimate of drug-likeness (QED) is 0.726. The molecule has 1 N–H and O–H groups in total. The molecule has 0 heterocycles. The molecule has 0 saturated heterocycles. The van der Waals surface area contributed by atoms with E-state index in [2.05, 4.69) is 33.1 Å². The predicted molar refractivity (Wildman–Crippen MR) is 63.5 cm³/mol. The fourth-order valence-electron chi connectivity index (χ4n) is 2.95. The summed E-state index contributed by atoms with van der Waals surface area (Å²) < 4.78 is 0. The van der Waals surface area contributed by atoms with Crippen LogP contribution in [0.4, 0.5) is 0 Å². The third-order valence-electron chi connectivity index (χ3n) is 4.19. The van der Waals surface area contributed by atoms with E-state index in [0.29, 0.717) is 11.5 Å². The highest BCUT2D eigenvalue weighted by atomic mass is 14.9. The Hall–Kier alpha value is -0.0400. The molecular weight excluding hydrogens is 170 g/mol. The molecule has 0 aliphatic heterocycles. The number of rotatable bonds is 4. The maximum absolute atomic E-state index is 3.56. The summed E-state index contributed by atoms with van der Waals surface area (Å²) in [6.07, 6.45) is 8.50. The van der Waals surface area contributed by atoms with Crippen LogP contribution >= 0.6 is 0 Å². The van der Waals surface area contributed by atoms with Crippen LogP contribution in [0.15, 0.2) is 0 Å². The van der Waals surface area contributed by atoms with E-state index >= 15 is 0 Å². The molecular formula is C13H27N. The van der Waals surface area contributed by atoms with E-state index in [-0.39, 0.29) is 0 Å². The molecule has 1 fully saturated rings. The monoisotopic (exact) mass is 197 g/mol. The number of hydrogen-bond donors (Lipinski definition) is 1. The van der Waals surface area contributed by atoms with Crippen LogP contribution in [0.5, 0.6) is 0 Å². The van der Waals surface area contributed by atoms with Gasteiger partial charge in [-0.25, -0.2) is 0 Å². The largest absolute Gasteiger partial charge is 0.316 e. The van der Waals surface area contributed by atoms with E-state index < -0.39 is 0 Å². The van der Waals surface area contributed by atoms with Crippen molar-refractivity contribution in [2.45, 2.75) is 65.3 Å². The second-order valence-corrected chi connectivity index (χ2v) is 5.51. The van der Waals surface area contributed by atoms with Gasteiger partial charge >= 0.3 is 0 Å². The summed E-state index contributed by atoms with van der Waals surface area (Å²) in [6, 6.07) is 0.716. The fourth-order valence-corrected chi connectivity index (χ4v) is 2.95. The van der Waals surface area contributed by atoms with Crippen molar-refractivity contribution in [2.24, 2.45) is 11.3 Å². The molecule has 0 radical (unpaired) electrons. The first-order valence-corrected chi connectivity index (χ1v) is 6.29. The Morgan fingerprint density at radius 3 is 2.21 bits per heavy atom. The van der Waals surface area contributed by atoms with Crippen molar-refractivity contribution in [3.05, 3.63) is 0 Å². The fraction of sp³-hybridized carbons (Fsp3) is 1.00. The lowest BCUT2D eigenvalue weighted by molar-refractivity contribution is 0.145. The standard InChI is InChI=1S/C13H27N/c1-5-13(2,3)12(14-4)11-9-7-6-8-10-11/h11-12,14H,5-10H2,1-4H3. The summed E-state index contributed by atoms with van der Waals surface area (Å²) in [5.41, 5.74) is 0.455. The van der Waals surface area contributed by atoms with Crippen LogP contribution in [0.25, 0.3) is 0 Å². The van der Waals surface area contributed by atoms with Crippen LogP contribution in [0.2, 0.25) is 0 Å². The minimum atomic E-state index is 0.455. The lowest BCUT2D eigenvalue weighted by Gasteiger charge is -2.40. The van der Waals surface area contributed by atoms with Gasteiger partial charge in [-0.3, -0.25) is 0 Å². The summed E-state index contributed by atoms with van der Waals surface area (Å²) in [6.45, 7) is 7.12. The van der Waals surface area contributed by atoms with Crippen molar-refractivity contribution in [1.29, 1.82) is 0 Å². The molecule has 0 aromatic carbocycles. The highest BCUT2D eigenvalue weighted by Gasteiger charge is 2.33. The van der Waals surface area contributed by atoms with Crippen molar-refractivity contribution in [1.82, 2.24) is 5.32 Å². The average molecular weight is 197 g/mol. The Kier molecular flexibility index (Phi) is 4.43. The van der Waals surface area contributed by atoms with Gasteiger partial charge in [0, 0.05) is 6.04 Å². The van der Waals surface area contributed by atoms with Gasteiger partial charge in [0.1, 0.15) is 0 Å². The van der Waals surface area contributed by atoms with Gasteiger partial charge in [-0.15, -0.1) is 0 Å². The molecule has 0 spiro atoms. The summed E-state index contributed by atoms with van der Waals surface area (Å²) >= 11 is 0. The number of nitrogens with one attached hydrogen (secondary N) is 1. The SMILES string of the molecule is CCC(C)(C)C(NC)C1CCCCC1. The Balaban J connectivity index is 2.59. The van der Waals surface area contributed by atoms with Gasteiger partial charge < -0.3 is 5.32 Å². The highest BCUT2D eigenvalue weighted by Crippen LogP contribution is 2.36. The van der Waals surface area contributed by atoms with Gasteiger partial charge in [-0.1, -0.05) is 40.0 Å². The van der Waals surface area contributed by atoms with E-state index in [9.17, 15) is 0 Å². The maximum atomic E-state index is 3.56. The Labute approximate surface area is 89.7 Å². The van der Waals surface area contributed by atoms with E-state index in [0.717, 1.165) is 5.92 Å². The summed E-state index contributed by atoms with van der Waals surface area (Å²) in [5, 5.41) is 3.56. The minimum absolute atomic E-state index is 0.455. The molecule has 1 aliphatic carbocycles. The van der Waals surface area contributed by atoms with Crippen molar-refractivity contribution in [3.63, 3.8) is 0 Å². The van der Waals surface area contributed by atoms with Crippen LogP contribution in [-0.4, -0.2) is 13.1 Å². The second kappa shape index (κ2) is 5.16. The summed E-state index contributed by atoms with van der Waals surface area (Å²) in [5.74, 6) is 0.920. The second-order valence-electron chi connectivity index (χ2n) is 5.51. The molecule has 0 bridgehead atoms. The van der Waals surface area contributed by atoms with Crippen LogP contribution in [0.1, 0.15) is 59.3 Å². The van der Waals surface area contributed by atoms with Gasteiger partial charge in [-0.05, 0) is 37.6 Å². The molecule has 1 aliphatic rings. The topological polar surface area (TPSA) is 12.0 Å². The van der Waals surface area contributed by atoms with Crippen molar-refractivity contribution in [3.8, 4) is 0 Å². The molecule has 1 unspecified atom stereocenters. The molecule has 1 atom stereocenters. The van der Waals surface area contributed by atoms with Crippen LogP contribution in [0.3, 0.4) is 0 Å². The number of hydrogen-bond acceptors (Lipinski definition) is 1. The van der Waals surface area contributed by atoms with E-state index in [1.807, 2.05) is 0 Å². The van der Waals surface area contributed by atoms with Gasteiger partial charge in [-0.2, -0.15) is 0 Å². The Morgan fingerprint density at radius 1 is 1.21 bits per heavy atom. The third kappa shape index (κ3) is 2.73. The first-order chi connectivity index (χ1) is 6.61. The first-order valence-electron chi connectivity index (χ1n) is 6.29. The maximum Gasteiger partial charge on any atom is 0.0143 e. The lowest BCUT2D eigenvalue weighted by Crippen LogP contribution is -2.45.